The normalized spacial score (nSPS) is 16.7. The molecule has 1 fully saturated rings. The summed E-state index contributed by atoms with van der Waals surface area (Å²) in [7, 11) is 0. The summed E-state index contributed by atoms with van der Waals surface area (Å²) in [6.07, 6.45) is 1.81. The molecule has 0 saturated carbocycles. The van der Waals surface area contributed by atoms with Crippen LogP contribution in [0.1, 0.15) is 17.4 Å². The lowest BCUT2D eigenvalue weighted by molar-refractivity contribution is 0.0359. The molecule has 1 saturated heterocycles. The van der Waals surface area contributed by atoms with Gasteiger partial charge in [0, 0.05) is 25.8 Å². The van der Waals surface area contributed by atoms with E-state index < -0.39 is 0 Å². The van der Waals surface area contributed by atoms with E-state index >= 15 is 0 Å². The van der Waals surface area contributed by atoms with Crippen molar-refractivity contribution >= 4 is 5.97 Å². The molecule has 0 aliphatic carbocycles. The van der Waals surface area contributed by atoms with Crippen molar-refractivity contribution in [1.29, 1.82) is 0 Å². The number of carbonyl (C=O) groups excluding carboxylic acids is 1. The largest absolute Gasteiger partial charge is 0.461 e. The molecule has 0 N–H and O–H groups in total. The van der Waals surface area contributed by atoms with Crippen molar-refractivity contribution < 1.29 is 14.3 Å². The number of ether oxygens (including phenoxy) is 2. The van der Waals surface area contributed by atoms with Gasteiger partial charge in [-0.2, -0.15) is 5.10 Å². The smallest absolute Gasteiger partial charge is 0.358 e. The van der Waals surface area contributed by atoms with Crippen LogP contribution in [-0.4, -0.2) is 60.1 Å². The Kier molecular flexibility index (Phi) is 4.72. The van der Waals surface area contributed by atoms with Crippen molar-refractivity contribution in [3.63, 3.8) is 0 Å². The highest BCUT2D eigenvalue weighted by atomic mass is 16.5. The maximum atomic E-state index is 11.4. The van der Waals surface area contributed by atoms with Crippen molar-refractivity contribution in [2.24, 2.45) is 0 Å². The van der Waals surface area contributed by atoms with Crippen molar-refractivity contribution in [2.45, 2.75) is 13.5 Å². The van der Waals surface area contributed by atoms with Crippen LogP contribution in [-0.2, 0) is 16.0 Å². The molecule has 1 aliphatic rings. The number of hydrogen-bond donors (Lipinski definition) is 0. The van der Waals surface area contributed by atoms with Crippen molar-refractivity contribution in [3.05, 3.63) is 18.0 Å². The summed E-state index contributed by atoms with van der Waals surface area (Å²) >= 11 is 0. The van der Waals surface area contributed by atoms with E-state index in [9.17, 15) is 4.79 Å². The van der Waals surface area contributed by atoms with Crippen LogP contribution in [0.2, 0.25) is 0 Å². The Morgan fingerprint density at radius 3 is 2.94 bits per heavy atom. The van der Waals surface area contributed by atoms with Gasteiger partial charge in [-0.15, -0.1) is 0 Å². The quantitative estimate of drug-likeness (QED) is 0.711. The van der Waals surface area contributed by atoms with E-state index in [1.54, 1.807) is 17.7 Å². The van der Waals surface area contributed by atoms with Gasteiger partial charge in [-0.3, -0.25) is 9.58 Å². The van der Waals surface area contributed by atoms with Crippen LogP contribution in [0.25, 0.3) is 0 Å². The van der Waals surface area contributed by atoms with Gasteiger partial charge in [-0.1, -0.05) is 0 Å². The van der Waals surface area contributed by atoms with Gasteiger partial charge in [0.2, 0.25) is 0 Å². The van der Waals surface area contributed by atoms with E-state index in [0.717, 1.165) is 39.4 Å². The second-order valence-electron chi connectivity index (χ2n) is 4.14. The second-order valence-corrected chi connectivity index (χ2v) is 4.14. The van der Waals surface area contributed by atoms with Gasteiger partial charge >= 0.3 is 5.97 Å². The van der Waals surface area contributed by atoms with Crippen LogP contribution in [0.5, 0.6) is 0 Å². The third kappa shape index (κ3) is 3.54. The minimum Gasteiger partial charge on any atom is -0.461 e. The first-order chi connectivity index (χ1) is 8.79. The molecule has 0 unspecified atom stereocenters. The Bertz CT molecular complexity index is 386. The maximum Gasteiger partial charge on any atom is 0.358 e. The molecule has 1 aromatic heterocycles. The highest BCUT2D eigenvalue weighted by molar-refractivity contribution is 5.86. The Morgan fingerprint density at radius 1 is 1.44 bits per heavy atom. The summed E-state index contributed by atoms with van der Waals surface area (Å²) in [5.41, 5.74) is 0.374. The fraction of sp³-hybridized carbons (Fsp3) is 0.667. The standard InChI is InChI=1S/C12H19N3O3/c1-2-18-12(16)11-3-4-15(13-11)6-5-14-7-9-17-10-8-14/h3-4H,2,5-10H2,1H3. The molecule has 0 atom stereocenters. The second kappa shape index (κ2) is 6.51. The zero-order chi connectivity index (χ0) is 12.8. The van der Waals surface area contributed by atoms with Crippen molar-refractivity contribution in [1.82, 2.24) is 14.7 Å². The predicted octanol–water partition coefficient (Wildman–Crippen LogP) is 0.392. The molecule has 6 nitrogen and oxygen atoms in total. The summed E-state index contributed by atoms with van der Waals surface area (Å²) in [5, 5.41) is 4.20. The number of hydrogen-bond acceptors (Lipinski definition) is 5. The van der Waals surface area contributed by atoms with Crippen LogP contribution < -0.4 is 0 Å². The summed E-state index contributed by atoms with van der Waals surface area (Å²) in [6, 6.07) is 1.69. The van der Waals surface area contributed by atoms with E-state index in [-0.39, 0.29) is 5.97 Å². The van der Waals surface area contributed by atoms with Gasteiger partial charge in [0.25, 0.3) is 0 Å². The van der Waals surface area contributed by atoms with Crippen LogP contribution in [0, 0.1) is 0 Å². The van der Waals surface area contributed by atoms with Crippen LogP contribution in [0.15, 0.2) is 12.3 Å². The molecule has 0 bridgehead atoms. The number of aromatic nitrogens is 2. The number of esters is 1. The lowest BCUT2D eigenvalue weighted by Crippen LogP contribution is -2.38. The molecule has 0 spiro atoms. The molecule has 6 heteroatoms. The zero-order valence-corrected chi connectivity index (χ0v) is 10.7. The highest BCUT2D eigenvalue weighted by Gasteiger charge is 2.12. The summed E-state index contributed by atoms with van der Waals surface area (Å²) in [6.45, 7) is 7.39. The predicted molar refractivity (Wildman–Crippen MR) is 65.4 cm³/mol. The van der Waals surface area contributed by atoms with Gasteiger partial charge < -0.3 is 9.47 Å². The van der Waals surface area contributed by atoms with Gasteiger partial charge in [-0.05, 0) is 13.0 Å². The monoisotopic (exact) mass is 253 g/mol. The van der Waals surface area contributed by atoms with E-state index in [1.165, 1.54) is 0 Å². The molecule has 18 heavy (non-hydrogen) atoms. The van der Waals surface area contributed by atoms with Gasteiger partial charge in [-0.25, -0.2) is 4.79 Å². The molecule has 2 heterocycles. The first-order valence-corrected chi connectivity index (χ1v) is 6.30. The number of morpholine rings is 1. The SMILES string of the molecule is CCOC(=O)c1ccn(CCN2CCOCC2)n1. The minimum atomic E-state index is -0.359. The van der Waals surface area contributed by atoms with Gasteiger partial charge in [0.1, 0.15) is 0 Å². The molecule has 1 aromatic rings. The fourth-order valence-corrected chi connectivity index (χ4v) is 1.87. The maximum absolute atomic E-state index is 11.4. The molecule has 1 aliphatic heterocycles. The first-order valence-electron chi connectivity index (χ1n) is 6.30. The number of rotatable bonds is 5. The average molecular weight is 253 g/mol. The van der Waals surface area contributed by atoms with E-state index in [0.29, 0.717) is 12.3 Å². The van der Waals surface area contributed by atoms with E-state index in [1.807, 2.05) is 6.20 Å². The van der Waals surface area contributed by atoms with E-state index in [2.05, 4.69) is 10.00 Å². The Hall–Kier alpha value is -1.40. The molecular weight excluding hydrogens is 234 g/mol. The van der Waals surface area contributed by atoms with Crippen molar-refractivity contribution in [3.8, 4) is 0 Å². The first kappa shape index (κ1) is 13.0. The summed E-state index contributed by atoms with van der Waals surface area (Å²) in [4.78, 5) is 13.8. The number of carbonyl (C=O) groups is 1. The molecular formula is C12H19N3O3. The minimum absolute atomic E-state index is 0.359. The molecule has 2 rings (SSSR count). The molecule has 0 radical (unpaired) electrons. The van der Waals surface area contributed by atoms with Gasteiger partial charge in [0.15, 0.2) is 5.69 Å². The Balaban J connectivity index is 1.80. The summed E-state index contributed by atoms with van der Waals surface area (Å²) in [5.74, 6) is -0.359. The van der Waals surface area contributed by atoms with Crippen molar-refractivity contribution in [2.75, 3.05) is 39.5 Å². The van der Waals surface area contributed by atoms with Crippen LogP contribution in [0.3, 0.4) is 0 Å². The lowest BCUT2D eigenvalue weighted by atomic mass is 10.4. The molecule has 0 aromatic carbocycles. The average Bonchev–Trinajstić information content (AvgIpc) is 2.87. The fourth-order valence-electron chi connectivity index (χ4n) is 1.87. The van der Waals surface area contributed by atoms with E-state index in [4.69, 9.17) is 9.47 Å². The highest BCUT2D eigenvalue weighted by Crippen LogP contribution is 2.01. The Labute approximate surface area is 106 Å². The molecule has 0 amide bonds. The summed E-state index contributed by atoms with van der Waals surface area (Å²) < 4.78 is 12.0. The van der Waals surface area contributed by atoms with Gasteiger partial charge in [0.05, 0.1) is 26.4 Å². The zero-order valence-electron chi connectivity index (χ0n) is 10.7. The topological polar surface area (TPSA) is 56.6 Å². The third-order valence-electron chi connectivity index (χ3n) is 2.87. The lowest BCUT2D eigenvalue weighted by Gasteiger charge is -2.26. The van der Waals surface area contributed by atoms with Crippen LogP contribution >= 0.6 is 0 Å². The third-order valence-corrected chi connectivity index (χ3v) is 2.87. The molecule has 100 valence electrons. The number of nitrogens with zero attached hydrogens (tertiary/aromatic N) is 3. The Morgan fingerprint density at radius 2 is 2.22 bits per heavy atom. The van der Waals surface area contributed by atoms with Crippen LogP contribution in [0.4, 0.5) is 0 Å².